The molecule has 0 radical (unpaired) electrons. The van der Waals surface area contributed by atoms with E-state index in [0.29, 0.717) is 24.7 Å². The molecule has 98 valence electrons. The summed E-state index contributed by atoms with van der Waals surface area (Å²) in [4.78, 5) is 0. The van der Waals surface area contributed by atoms with Gasteiger partial charge in [-0.05, 0) is 50.0 Å². The summed E-state index contributed by atoms with van der Waals surface area (Å²) < 4.78 is 0. The van der Waals surface area contributed by atoms with E-state index in [2.05, 4.69) is 26.5 Å². The van der Waals surface area contributed by atoms with Crippen molar-refractivity contribution in [2.75, 3.05) is 0 Å². The molecule has 0 aliphatic heterocycles. The molecule has 0 saturated carbocycles. The zero-order valence-electron chi connectivity index (χ0n) is 11.3. The van der Waals surface area contributed by atoms with E-state index in [4.69, 9.17) is 0 Å². The molecule has 0 unspecified atom stereocenters. The second kappa shape index (κ2) is 5.83. The molecule has 0 saturated heterocycles. The Morgan fingerprint density at radius 1 is 1.41 bits per heavy atom. The smallest absolute Gasteiger partial charge is 0.0800 e. The lowest BCUT2D eigenvalue weighted by Gasteiger charge is -2.26. The Kier molecular flexibility index (Phi) is 4.96. The van der Waals surface area contributed by atoms with E-state index in [1.807, 2.05) is 6.08 Å². The lowest BCUT2D eigenvalue weighted by molar-refractivity contribution is 0.0781. The zero-order valence-corrected chi connectivity index (χ0v) is 11.3. The van der Waals surface area contributed by atoms with Gasteiger partial charge in [0, 0.05) is 0 Å². The number of allylic oxidation sites excluding steroid dienone is 1. The van der Waals surface area contributed by atoms with Gasteiger partial charge in [-0.3, -0.25) is 0 Å². The number of aliphatic hydroxyl groups is 2. The third kappa shape index (κ3) is 4.64. The van der Waals surface area contributed by atoms with Crippen molar-refractivity contribution in [3.05, 3.63) is 24.3 Å². The minimum Gasteiger partial charge on any atom is -0.389 e. The van der Waals surface area contributed by atoms with Crippen molar-refractivity contribution in [2.45, 2.75) is 58.2 Å². The summed E-state index contributed by atoms with van der Waals surface area (Å²) in [5.41, 5.74) is 0.0906. The normalized spacial score (nSPS) is 38.1. The predicted octanol–water partition coefficient (Wildman–Crippen LogP) is 3.06. The Labute approximate surface area is 105 Å². The molecule has 0 heterocycles. The fraction of sp³-hybridized carbons (Fsp3) is 0.733. The van der Waals surface area contributed by atoms with Crippen LogP contribution in [0.4, 0.5) is 0 Å². The Hall–Kier alpha value is -0.600. The molecule has 0 amide bonds. The van der Waals surface area contributed by atoms with E-state index in [9.17, 15) is 10.2 Å². The van der Waals surface area contributed by atoms with Crippen LogP contribution in [0.5, 0.6) is 0 Å². The molecule has 17 heavy (non-hydrogen) atoms. The van der Waals surface area contributed by atoms with Crippen LogP contribution in [0.3, 0.4) is 0 Å². The molecule has 1 aliphatic rings. The summed E-state index contributed by atoms with van der Waals surface area (Å²) in [6, 6.07) is 0. The predicted molar refractivity (Wildman–Crippen MR) is 71.7 cm³/mol. The number of rotatable bonds is 1. The molecule has 2 nitrogen and oxygen atoms in total. The van der Waals surface area contributed by atoms with Crippen molar-refractivity contribution in [3.63, 3.8) is 0 Å². The monoisotopic (exact) mass is 238 g/mol. The van der Waals surface area contributed by atoms with Crippen molar-refractivity contribution in [2.24, 2.45) is 11.8 Å². The van der Waals surface area contributed by atoms with Gasteiger partial charge in [-0.1, -0.05) is 32.6 Å². The topological polar surface area (TPSA) is 40.5 Å². The van der Waals surface area contributed by atoms with E-state index in [0.717, 1.165) is 18.4 Å². The summed E-state index contributed by atoms with van der Waals surface area (Å²) in [5.74, 6) is 0.995. The highest BCUT2D eigenvalue weighted by atomic mass is 16.3. The summed E-state index contributed by atoms with van der Waals surface area (Å²) in [6.07, 6.45) is 6.60. The van der Waals surface area contributed by atoms with Crippen molar-refractivity contribution in [3.8, 4) is 0 Å². The second-order valence-electron chi connectivity index (χ2n) is 5.88. The molecule has 1 aliphatic carbocycles. The molecule has 0 fully saturated rings. The van der Waals surface area contributed by atoms with Gasteiger partial charge in [-0.2, -0.15) is 0 Å². The van der Waals surface area contributed by atoms with Crippen LogP contribution in [-0.2, 0) is 0 Å². The quantitative estimate of drug-likeness (QED) is 0.689. The highest BCUT2D eigenvalue weighted by Gasteiger charge is 2.23. The van der Waals surface area contributed by atoms with Gasteiger partial charge in [0.2, 0.25) is 0 Å². The standard InChI is InChI=1S/C15H26O2/c1-11(2)13-6-5-12(3)14(16)8-10-15(4,17)9-7-13/h7,9,11,13-14,16-17H,3,5-6,8,10H2,1-2,4H3/b9-7+/t13-,14-,15+/m1/s1. The molecule has 0 bridgehead atoms. The maximum Gasteiger partial charge on any atom is 0.0800 e. The number of hydrogen-bond acceptors (Lipinski definition) is 2. The van der Waals surface area contributed by atoms with Crippen LogP contribution < -0.4 is 0 Å². The van der Waals surface area contributed by atoms with E-state index in [-0.39, 0.29) is 0 Å². The molecule has 1 rings (SSSR count). The zero-order chi connectivity index (χ0) is 13.1. The van der Waals surface area contributed by atoms with Gasteiger partial charge >= 0.3 is 0 Å². The van der Waals surface area contributed by atoms with Crippen molar-refractivity contribution >= 4 is 0 Å². The van der Waals surface area contributed by atoms with Crippen molar-refractivity contribution < 1.29 is 10.2 Å². The highest BCUT2D eigenvalue weighted by Crippen LogP contribution is 2.27. The average molecular weight is 238 g/mol. The van der Waals surface area contributed by atoms with E-state index >= 15 is 0 Å². The summed E-state index contributed by atoms with van der Waals surface area (Å²) in [5, 5.41) is 20.1. The average Bonchev–Trinajstić information content (AvgIpc) is 2.24. The Balaban J connectivity index is 2.83. The first-order valence-electron chi connectivity index (χ1n) is 6.59. The summed E-state index contributed by atoms with van der Waals surface area (Å²) in [6.45, 7) is 10.1. The third-order valence-corrected chi connectivity index (χ3v) is 3.75. The number of hydrogen-bond donors (Lipinski definition) is 2. The van der Waals surface area contributed by atoms with Gasteiger partial charge < -0.3 is 10.2 Å². The molecule has 2 N–H and O–H groups in total. The highest BCUT2D eigenvalue weighted by molar-refractivity contribution is 5.08. The van der Waals surface area contributed by atoms with Crippen LogP contribution in [0.15, 0.2) is 24.3 Å². The fourth-order valence-electron chi connectivity index (χ4n) is 2.22. The molecule has 0 aromatic carbocycles. The van der Waals surface area contributed by atoms with Gasteiger partial charge in [-0.15, -0.1) is 0 Å². The summed E-state index contributed by atoms with van der Waals surface area (Å²) in [7, 11) is 0. The van der Waals surface area contributed by atoms with Crippen LogP contribution in [-0.4, -0.2) is 21.9 Å². The van der Waals surface area contributed by atoms with Crippen molar-refractivity contribution in [1.82, 2.24) is 0 Å². The number of aliphatic hydroxyl groups excluding tert-OH is 1. The molecule has 3 atom stereocenters. The van der Waals surface area contributed by atoms with Gasteiger partial charge in [-0.25, -0.2) is 0 Å². The molecule has 2 heteroatoms. The molecule has 0 spiro atoms. The van der Waals surface area contributed by atoms with Gasteiger partial charge in [0.15, 0.2) is 0 Å². The van der Waals surface area contributed by atoms with Crippen LogP contribution in [0.2, 0.25) is 0 Å². The Bertz CT molecular complexity index is 289. The molecule has 0 aromatic rings. The van der Waals surface area contributed by atoms with Crippen LogP contribution in [0.1, 0.15) is 46.5 Å². The lowest BCUT2D eigenvalue weighted by Crippen LogP contribution is -2.25. The maximum atomic E-state index is 10.2. The largest absolute Gasteiger partial charge is 0.389 e. The van der Waals surface area contributed by atoms with E-state index < -0.39 is 11.7 Å². The van der Waals surface area contributed by atoms with Gasteiger partial charge in [0.1, 0.15) is 0 Å². The Morgan fingerprint density at radius 2 is 2.06 bits per heavy atom. The first kappa shape index (κ1) is 14.5. The van der Waals surface area contributed by atoms with Crippen molar-refractivity contribution in [1.29, 1.82) is 0 Å². The molecular formula is C15H26O2. The SMILES string of the molecule is C=C1CC[C@@H](C(C)C)/C=C/[C@](C)(O)CC[C@H]1O. The Morgan fingerprint density at radius 3 is 2.65 bits per heavy atom. The maximum absolute atomic E-state index is 10.2. The first-order chi connectivity index (χ1) is 7.82. The molecule has 0 aromatic heterocycles. The van der Waals surface area contributed by atoms with Crippen LogP contribution in [0.25, 0.3) is 0 Å². The summed E-state index contributed by atoms with van der Waals surface area (Å²) >= 11 is 0. The van der Waals surface area contributed by atoms with E-state index in [1.165, 1.54) is 0 Å². The van der Waals surface area contributed by atoms with Crippen LogP contribution >= 0.6 is 0 Å². The van der Waals surface area contributed by atoms with Gasteiger partial charge in [0.25, 0.3) is 0 Å². The lowest BCUT2D eigenvalue weighted by atomic mass is 9.84. The van der Waals surface area contributed by atoms with E-state index in [1.54, 1.807) is 6.92 Å². The minimum absolute atomic E-state index is 0.448. The third-order valence-electron chi connectivity index (χ3n) is 3.75. The van der Waals surface area contributed by atoms with Gasteiger partial charge in [0.05, 0.1) is 11.7 Å². The minimum atomic E-state index is -0.814. The van der Waals surface area contributed by atoms with Crippen LogP contribution in [0, 0.1) is 11.8 Å². The molecular weight excluding hydrogens is 212 g/mol. The second-order valence-corrected chi connectivity index (χ2v) is 5.88. The fourth-order valence-corrected chi connectivity index (χ4v) is 2.22. The first-order valence-corrected chi connectivity index (χ1v) is 6.59.